The highest BCUT2D eigenvalue weighted by molar-refractivity contribution is 5.89. The summed E-state index contributed by atoms with van der Waals surface area (Å²) in [5, 5.41) is 6.20. The molecule has 1 heterocycles. The fourth-order valence-corrected chi connectivity index (χ4v) is 4.05. The lowest BCUT2D eigenvalue weighted by atomic mass is 9.99. The summed E-state index contributed by atoms with van der Waals surface area (Å²) in [7, 11) is 1.40. The summed E-state index contributed by atoms with van der Waals surface area (Å²) in [5.74, 6) is -0.312. The van der Waals surface area contributed by atoms with Crippen LogP contribution in [0, 0.1) is 0 Å². The van der Waals surface area contributed by atoms with Crippen molar-refractivity contribution in [2.24, 2.45) is 0 Å². The maximum Gasteiger partial charge on any atom is 0.337 e. The fourth-order valence-electron chi connectivity index (χ4n) is 4.05. The summed E-state index contributed by atoms with van der Waals surface area (Å²) in [6, 6.07) is 22.8. The molecule has 4 rings (SSSR count). The van der Waals surface area contributed by atoms with Crippen LogP contribution in [-0.2, 0) is 9.47 Å². The van der Waals surface area contributed by atoms with Gasteiger partial charge in [-0.3, -0.25) is 0 Å². The van der Waals surface area contributed by atoms with E-state index < -0.39 is 0 Å². The second-order valence-corrected chi connectivity index (χ2v) is 7.68. The number of carbonyl (C=O) groups is 1. The van der Waals surface area contributed by atoms with Crippen LogP contribution in [-0.4, -0.2) is 45.4 Å². The highest BCUT2D eigenvalue weighted by atomic mass is 16.5. The predicted molar refractivity (Wildman–Crippen MR) is 120 cm³/mol. The van der Waals surface area contributed by atoms with Crippen LogP contribution in [0.4, 0.5) is 5.69 Å². The first-order valence-corrected chi connectivity index (χ1v) is 10.4. The third kappa shape index (κ3) is 4.48. The molecule has 0 aliphatic carbocycles. The Balaban J connectivity index is 1.37. The zero-order valence-electron chi connectivity index (χ0n) is 17.5. The minimum atomic E-state index is -0.312. The second kappa shape index (κ2) is 9.28. The highest BCUT2D eigenvalue weighted by Crippen LogP contribution is 2.24. The van der Waals surface area contributed by atoms with Crippen LogP contribution in [0.25, 0.3) is 10.8 Å². The second-order valence-electron chi connectivity index (χ2n) is 7.68. The number of esters is 1. The summed E-state index contributed by atoms with van der Waals surface area (Å²) in [6.45, 7) is 5.32. The van der Waals surface area contributed by atoms with Crippen molar-refractivity contribution in [3.05, 3.63) is 77.9 Å². The van der Waals surface area contributed by atoms with Crippen LogP contribution in [0.2, 0.25) is 0 Å². The van der Waals surface area contributed by atoms with Gasteiger partial charge in [0.15, 0.2) is 0 Å². The summed E-state index contributed by atoms with van der Waals surface area (Å²) in [6.07, 6.45) is 0.108. The molecule has 1 saturated heterocycles. The molecule has 1 aliphatic rings. The number of anilines is 1. The van der Waals surface area contributed by atoms with Crippen molar-refractivity contribution in [1.82, 2.24) is 5.32 Å². The number of hydrogen-bond donors (Lipinski definition) is 1. The van der Waals surface area contributed by atoms with Crippen LogP contribution in [0.3, 0.4) is 0 Å². The Morgan fingerprint density at radius 3 is 2.70 bits per heavy atom. The number of carbonyl (C=O) groups excluding carboxylic acids is 1. The van der Waals surface area contributed by atoms with Gasteiger partial charge in [0.1, 0.15) is 0 Å². The lowest BCUT2D eigenvalue weighted by Crippen LogP contribution is -2.47. The third-order valence-electron chi connectivity index (χ3n) is 5.73. The van der Waals surface area contributed by atoms with E-state index in [2.05, 4.69) is 59.6 Å². The zero-order valence-corrected chi connectivity index (χ0v) is 17.5. The number of ether oxygens (including phenoxy) is 2. The van der Waals surface area contributed by atoms with Crippen molar-refractivity contribution < 1.29 is 14.3 Å². The maximum atomic E-state index is 11.6. The molecule has 3 aromatic rings. The Kier molecular flexibility index (Phi) is 6.31. The third-order valence-corrected chi connectivity index (χ3v) is 5.73. The van der Waals surface area contributed by atoms with E-state index in [1.807, 2.05) is 24.3 Å². The van der Waals surface area contributed by atoms with Crippen LogP contribution in [0.1, 0.15) is 28.9 Å². The molecule has 3 aromatic carbocycles. The van der Waals surface area contributed by atoms with Crippen LogP contribution >= 0.6 is 0 Å². The van der Waals surface area contributed by atoms with Crippen LogP contribution in [0.15, 0.2) is 66.7 Å². The summed E-state index contributed by atoms with van der Waals surface area (Å²) < 4.78 is 10.8. The van der Waals surface area contributed by atoms with Gasteiger partial charge in [-0.25, -0.2) is 4.79 Å². The van der Waals surface area contributed by atoms with Gasteiger partial charge in [0.05, 0.1) is 25.4 Å². The van der Waals surface area contributed by atoms with E-state index in [4.69, 9.17) is 9.47 Å². The van der Waals surface area contributed by atoms with E-state index in [1.54, 1.807) is 0 Å². The Morgan fingerprint density at radius 2 is 1.90 bits per heavy atom. The van der Waals surface area contributed by atoms with Crippen LogP contribution in [0.5, 0.6) is 0 Å². The van der Waals surface area contributed by atoms with Gasteiger partial charge in [-0.15, -0.1) is 0 Å². The molecule has 0 aromatic heterocycles. The zero-order chi connectivity index (χ0) is 20.9. The minimum Gasteiger partial charge on any atom is -0.465 e. The average Bonchev–Trinajstić information content (AvgIpc) is 2.82. The molecule has 1 aliphatic heterocycles. The first-order valence-electron chi connectivity index (χ1n) is 10.4. The normalized spacial score (nSPS) is 17.7. The Bertz CT molecular complexity index is 997. The lowest BCUT2D eigenvalue weighted by molar-refractivity contribution is 0.0394. The molecule has 2 unspecified atom stereocenters. The quantitative estimate of drug-likeness (QED) is 0.625. The standard InChI is InChI=1S/C25H28N2O3/c1-18(23-9-5-7-19-6-3-4-8-24(19)23)26-16-22-17-27(14-15-30-22)21-12-10-20(11-13-21)25(28)29-2/h3-13,18,22,26H,14-17H2,1-2H3. The number of methoxy groups -OCH3 is 1. The maximum absolute atomic E-state index is 11.6. The van der Waals surface area contributed by atoms with E-state index in [-0.39, 0.29) is 18.1 Å². The van der Waals surface area contributed by atoms with Gasteiger partial charge >= 0.3 is 5.97 Å². The van der Waals surface area contributed by atoms with Gasteiger partial charge in [-0.2, -0.15) is 0 Å². The topological polar surface area (TPSA) is 50.8 Å². The molecule has 0 saturated carbocycles. The van der Waals surface area contributed by atoms with Crippen molar-refractivity contribution in [1.29, 1.82) is 0 Å². The predicted octanol–water partition coefficient (Wildman–Crippen LogP) is 4.18. The first kappa shape index (κ1) is 20.4. The minimum absolute atomic E-state index is 0.108. The SMILES string of the molecule is COC(=O)c1ccc(N2CCOC(CNC(C)c3cccc4ccccc34)C2)cc1. The molecule has 2 atom stereocenters. The summed E-state index contributed by atoms with van der Waals surface area (Å²) in [5.41, 5.74) is 2.97. The van der Waals surface area contributed by atoms with Gasteiger partial charge in [0.25, 0.3) is 0 Å². The van der Waals surface area contributed by atoms with E-state index in [1.165, 1.54) is 23.4 Å². The largest absolute Gasteiger partial charge is 0.465 e. The fraction of sp³-hybridized carbons (Fsp3) is 0.320. The molecule has 1 fully saturated rings. The molecule has 1 N–H and O–H groups in total. The van der Waals surface area contributed by atoms with Crippen molar-refractivity contribution in [2.75, 3.05) is 38.3 Å². The Hall–Kier alpha value is -2.89. The number of benzene rings is 3. The first-order chi connectivity index (χ1) is 14.7. The number of hydrogen-bond acceptors (Lipinski definition) is 5. The molecule has 30 heavy (non-hydrogen) atoms. The summed E-state index contributed by atoms with van der Waals surface area (Å²) >= 11 is 0. The molecule has 0 radical (unpaired) electrons. The van der Waals surface area contributed by atoms with Crippen molar-refractivity contribution in [2.45, 2.75) is 19.1 Å². The molecule has 0 bridgehead atoms. The summed E-state index contributed by atoms with van der Waals surface area (Å²) in [4.78, 5) is 13.9. The number of nitrogens with zero attached hydrogens (tertiary/aromatic N) is 1. The van der Waals surface area contributed by atoms with Gasteiger partial charge < -0.3 is 19.7 Å². The van der Waals surface area contributed by atoms with E-state index >= 15 is 0 Å². The van der Waals surface area contributed by atoms with E-state index in [0.717, 1.165) is 25.3 Å². The van der Waals surface area contributed by atoms with Gasteiger partial charge in [-0.05, 0) is 47.5 Å². The monoisotopic (exact) mass is 404 g/mol. The van der Waals surface area contributed by atoms with Gasteiger partial charge in [0.2, 0.25) is 0 Å². The number of morpholine rings is 1. The van der Waals surface area contributed by atoms with Crippen LogP contribution < -0.4 is 10.2 Å². The molecule has 5 nitrogen and oxygen atoms in total. The molecule has 0 spiro atoms. The molecule has 0 amide bonds. The van der Waals surface area contributed by atoms with Gasteiger partial charge in [0, 0.05) is 31.4 Å². The number of rotatable bonds is 6. The van der Waals surface area contributed by atoms with E-state index in [9.17, 15) is 4.79 Å². The Morgan fingerprint density at radius 1 is 1.13 bits per heavy atom. The van der Waals surface area contributed by atoms with Crippen molar-refractivity contribution >= 4 is 22.4 Å². The van der Waals surface area contributed by atoms with E-state index in [0.29, 0.717) is 12.2 Å². The highest BCUT2D eigenvalue weighted by Gasteiger charge is 2.22. The number of nitrogens with one attached hydrogen (secondary N) is 1. The Labute approximate surface area is 177 Å². The molecular formula is C25H28N2O3. The van der Waals surface area contributed by atoms with Crippen molar-refractivity contribution in [3.63, 3.8) is 0 Å². The molecule has 5 heteroatoms. The average molecular weight is 405 g/mol. The van der Waals surface area contributed by atoms with Crippen molar-refractivity contribution in [3.8, 4) is 0 Å². The molecular weight excluding hydrogens is 376 g/mol. The molecule has 156 valence electrons. The lowest BCUT2D eigenvalue weighted by Gasteiger charge is -2.35. The number of fused-ring (bicyclic) bond motifs is 1. The van der Waals surface area contributed by atoms with Gasteiger partial charge in [-0.1, -0.05) is 42.5 Å². The smallest absolute Gasteiger partial charge is 0.337 e.